The summed E-state index contributed by atoms with van der Waals surface area (Å²) in [7, 11) is 0. The summed E-state index contributed by atoms with van der Waals surface area (Å²) in [4.78, 5) is 16.1. The minimum absolute atomic E-state index is 0.232. The average Bonchev–Trinajstić information content (AvgIpc) is 2.91. The van der Waals surface area contributed by atoms with Crippen molar-refractivity contribution in [3.05, 3.63) is 65.6 Å². The Balaban J connectivity index is 1.76. The van der Waals surface area contributed by atoms with Crippen LogP contribution in [-0.2, 0) is 0 Å². The largest absolute Gasteiger partial charge is 0.281 e. The van der Waals surface area contributed by atoms with Crippen LogP contribution in [-0.4, -0.2) is 20.5 Å². The normalized spacial score (nSPS) is 9.95. The summed E-state index contributed by atoms with van der Waals surface area (Å²) < 4.78 is 1.62. The quantitative estimate of drug-likeness (QED) is 0.544. The number of carbonyl (C=O) groups is 1. The van der Waals surface area contributed by atoms with Crippen LogP contribution >= 0.6 is 0 Å². The first kappa shape index (κ1) is 12.9. The van der Waals surface area contributed by atoms with Gasteiger partial charge in [-0.3, -0.25) is 10.1 Å². The molecule has 0 aliphatic rings. The van der Waals surface area contributed by atoms with Crippen LogP contribution in [0.3, 0.4) is 0 Å². The third kappa shape index (κ3) is 2.74. The van der Waals surface area contributed by atoms with Crippen molar-refractivity contribution in [2.75, 3.05) is 0 Å². The molecule has 3 aromatic rings. The molecule has 0 aliphatic carbocycles. The van der Waals surface area contributed by atoms with E-state index in [4.69, 9.17) is 0 Å². The number of aromatic nitrogens is 3. The number of benzene rings is 1. The molecule has 0 fully saturated rings. The fourth-order valence-corrected chi connectivity index (χ4v) is 1.84. The van der Waals surface area contributed by atoms with Gasteiger partial charge in [0.1, 0.15) is 5.69 Å². The van der Waals surface area contributed by atoms with Crippen LogP contribution in [0.4, 0.5) is 0 Å². The highest BCUT2D eigenvalue weighted by atomic mass is 16.1. The number of aryl methyl sites for hydroxylation is 1. The van der Waals surface area contributed by atoms with Crippen molar-refractivity contribution >= 4 is 11.6 Å². The van der Waals surface area contributed by atoms with Gasteiger partial charge in [0.05, 0.1) is 6.20 Å². The highest BCUT2D eigenvalue weighted by molar-refractivity contribution is 5.95. The molecule has 0 saturated heterocycles. The number of fused-ring (bicyclic) bond motifs is 1. The van der Waals surface area contributed by atoms with E-state index < -0.39 is 0 Å². The van der Waals surface area contributed by atoms with E-state index in [0.717, 1.165) is 5.56 Å². The molecule has 2 aromatic heterocycles. The van der Waals surface area contributed by atoms with Crippen LogP contribution in [0.15, 0.2) is 48.8 Å². The van der Waals surface area contributed by atoms with Gasteiger partial charge in [-0.2, -0.15) is 5.10 Å². The first-order valence-corrected chi connectivity index (χ1v) is 6.41. The zero-order chi connectivity index (χ0) is 14.7. The molecule has 102 valence electrons. The fourth-order valence-electron chi connectivity index (χ4n) is 1.84. The molecule has 5 heteroatoms. The number of rotatable bonds is 1. The summed E-state index contributed by atoms with van der Waals surface area (Å²) in [5.74, 6) is 2.60. The summed E-state index contributed by atoms with van der Waals surface area (Å²) in [5.41, 5.74) is 3.02. The van der Waals surface area contributed by atoms with E-state index in [1.54, 1.807) is 35.1 Å². The molecular weight excluding hydrogens is 264 g/mol. The van der Waals surface area contributed by atoms with Crippen molar-refractivity contribution in [1.82, 2.24) is 19.9 Å². The van der Waals surface area contributed by atoms with E-state index in [1.165, 1.54) is 0 Å². The molecule has 0 atom stereocenters. The Kier molecular flexibility index (Phi) is 3.36. The number of imidazole rings is 1. The summed E-state index contributed by atoms with van der Waals surface area (Å²) in [6.45, 7) is 1.97. The monoisotopic (exact) mass is 276 g/mol. The van der Waals surface area contributed by atoms with Crippen molar-refractivity contribution in [1.29, 1.82) is 0 Å². The van der Waals surface area contributed by atoms with Crippen molar-refractivity contribution in [2.24, 2.45) is 0 Å². The average molecular weight is 276 g/mol. The Morgan fingerprint density at radius 3 is 2.86 bits per heavy atom. The van der Waals surface area contributed by atoms with Crippen LogP contribution in [0.2, 0.25) is 0 Å². The molecule has 21 heavy (non-hydrogen) atoms. The molecular formula is C16H12N4O. The maximum absolute atomic E-state index is 11.9. The van der Waals surface area contributed by atoms with Gasteiger partial charge in [-0.05, 0) is 37.1 Å². The Labute approximate surface area is 121 Å². The zero-order valence-electron chi connectivity index (χ0n) is 11.4. The van der Waals surface area contributed by atoms with Gasteiger partial charge in [-0.15, -0.1) is 0 Å². The second-order valence-corrected chi connectivity index (χ2v) is 4.51. The highest BCUT2D eigenvalue weighted by Gasteiger charge is 2.03. The van der Waals surface area contributed by atoms with Crippen molar-refractivity contribution < 1.29 is 4.79 Å². The standard InChI is InChI=1S/C16H12N4O/c1-12-4-6-13(7-5-12)16(21)17-10-8-14-11-18-15-3-2-9-19-20(14)15/h2-7,9,11H,1H3,(H,17,21). The Morgan fingerprint density at radius 2 is 2.05 bits per heavy atom. The first-order valence-electron chi connectivity index (χ1n) is 6.41. The number of amides is 1. The van der Waals surface area contributed by atoms with Gasteiger partial charge >= 0.3 is 0 Å². The van der Waals surface area contributed by atoms with E-state index in [1.807, 2.05) is 25.1 Å². The van der Waals surface area contributed by atoms with Crippen molar-refractivity contribution in [3.8, 4) is 12.0 Å². The molecule has 0 radical (unpaired) electrons. The number of nitrogens with zero attached hydrogens (tertiary/aromatic N) is 3. The second kappa shape index (κ2) is 5.47. The molecule has 5 nitrogen and oxygen atoms in total. The minimum atomic E-state index is -0.232. The Morgan fingerprint density at radius 1 is 1.24 bits per heavy atom. The van der Waals surface area contributed by atoms with E-state index in [0.29, 0.717) is 16.9 Å². The summed E-state index contributed by atoms with van der Waals surface area (Å²) in [6.07, 6.45) is 3.28. The molecule has 0 saturated carbocycles. The molecule has 0 aliphatic heterocycles. The first-order chi connectivity index (χ1) is 10.2. The highest BCUT2D eigenvalue weighted by Crippen LogP contribution is 2.03. The number of nitrogens with one attached hydrogen (secondary N) is 1. The molecule has 2 heterocycles. The number of carbonyl (C=O) groups excluding carboxylic acids is 1. The molecule has 0 unspecified atom stereocenters. The Hall–Kier alpha value is -3.13. The predicted octanol–water partition coefficient (Wildman–Crippen LogP) is 1.78. The third-order valence-corrected chi connectivity index (χ3v) is 2.96. The fraction of sp³-hybridized carbons (Fsp3) is 0.0625. The molecule has 1 aromatic carbocycles. The van der Waals surface area contributed by atoms with E-state index >= 15 is 0 Å². The zero-order valence-corrected chi connectivity index (χ0v) is 11.4. The van der Waals surface area contributed by atoms with Gasteiger partial charge in [0.25, 0.3) is 5.91 Å². The van der Waals surface area contributed by atoms with Gasteiger partial charge in [0, 0.05) is 17.8 Å². The van der Waals surface area contributed by atoms with Gasteiger partial charge in [-0.1, -0.05) is 17.7 Å². The molecule has 1 N–H and O–H groups in total. The third-order valence-electron chi connectivity index (χ3n) is 2.96. The minimum Gasteiger partial charge on any atom is -0.281 e. The van der Waals surface area contributed by atoms with Crippen LogP contribution in [0.25, 0.3) is 5.65 Å². The van der Waals surface area contributed by atoms with Crippen molar-refractivity contribution in [2.45, 2.75) is 6.92 Å². The lowest BCUT2D eigenvalue weighted by Gasteiger charge is -1.98. The van der Waals surface area contributed by atoms with Gasteiger partial charge in [0.15, 0.2) is 5.65 Å². The van der Waals surface area contributed by atoms with Crippen LogP contribution in [0.1, 0.15) is 21.6 Å². The maximum atomic E-state index is 11.9. The smallest absolute Gasteiger partial charge is 0.262 e. The second-order valence-electron chi connectivity index (χ2n) is 4.51. The molecule has 1 amide bonds. The summed E-state index contributed by atoms with van der Waals surface area (Å²) in [6, 6.07) is 13.6. The van der Waals surface area contributed by atoms with Crippen molar-refractivity contribution in [3.63, 3.8) is 0 Å². The van der Waals surface area contributed by atoms with Gasteiger partial charge in [0.2, 0.25) is 0 Å². The van der Waals surface area contributed by atoms with E-state index in [9.17, 15) is 4.79 Å². The number of hydrogen-bond acceptors (Lipinski definition) is 3. The number of hydrogen-bond donors (Lipinski definition) is 1. The van der Waals surface area contributed by atoms with Crippen LogP contribution in [0, 0.1) is 18.9 Å². The lowest BCUT2D eigenvalue weighted by atomic mass is 10.1. The maximum Gasteiger partial charge on any atom is 0.262 e. The summed E-state index contributed by atoms with van der Waals surface area (Å²) in [5, 5.41) is 6.70. The molecule has 3 rings (SSSR count). The van der Waals surface area contributed by atoms with Crippen LogP contribution < -0.4 is 5.32 Å². The van der Waals surface area contributed by atoms with Crippen LogP contribution in [0.5, 0.6) is 0 Å². The van der Waals surface area contributed by atoms with Gasteiger partial charge < -0.3 is 0 Å². The molecule has 0 spiro atoms. The Bertz CT molecular complexity index is 853. The lowest BCUT2D eigenvalue weighted by Crippen LogP contribution is -2.17. The lowest BCUT2D eigenvalue weighted by molar-refractivity contribution is 0.0973. The summed E-state index contributed by atoms with van der Waals surface area (Å²) >= 11 is 0. The van der Waals surface area contributed by atoms with E-state index in [-0.39, 0.29) is 5.91 Å². The predicted molar refractivity (Wildman–Crippen MR) is 78.5 cm³/mol. The topological polar surface area (TPSA) is 59.3 Å². The van der Waals surface area contributed by atoms with E-state index in [2.05, 4.69) is 27.4 Å². The molecule has 0 bridgehead atoms. The van der Waals surface area contributed by atoms with Gasteiger partial charge in [-0.25, -0.2) is 9.50 Å². The SMILES string of the molecule is Cc1ccc(C(=O)NC#Cc2cnc3cccnn23)cc1.